The van der Waals surface area contributed by atoms with Crippen molar-refractivity contribution in [2.45, 2.75) is 13.1 Å². The van der Waals surface area contributed by atoms with Crippen LogP contribution >= 0.6 is 11.6 Å². The van der Waals surface area contributed by atoms with Crippen LogP contribution in [-0.4, -0.2) is 4.98 Å². The summed E-state index contributed by atoms with van der Waals surface area (Å²) in [7, 11) is 0. The minimum atomic E-state index is -4.65. The highest BCUT2D eigenvalue weighted by Crippen LogP contribution is 2.33. The summed E-state index contributed by atoms with van der Waals surface area (Å²) in [6.45, 7) is 1.40. The molecule has 0 fully saturated rings. The van der Waals surface area contributed by atoms with Gasteiger partial charge in [0, 0.05) is 0 Å². The molecular weight excluding hydrogens is 315 g/mol. The number of anilines is 2. The SMILES string of the molecule is Cc1ccc(F)c(Nc2cc(C(F)(F)F)cc(Cl)n2)c1F. The first-order valence-electron chi connectivity index (χ1n) is 5.65. The summed E-state index contributed by atoms with van der Waals surface area (Å²) in [6.07, 6.45) is -4.65. The molecule has 0 amide bonds. The molecular formula is C13H8ClF5N2. The Balaban J connectivity index is 2.46. The number of rotatable bonds is 2. The highest BCUT2D eigenvalue weighted by Gasteiger charge is 2.31. The molecule has 0 aliphatic carbocycles. The molecule has 1 aromatic carbocycles. The van der Waals surface area contributed by atoms with E-state index < -0.39 is 40.0 Å². The third-order valence-electron chi connectivity index (χ3n) is 2.66. The Labute approximate surface area is 121 Å². The number of alkyl halides is 3. The van der Waals surface area contributed by atoms with E-state index in [4.69, 9.17) is 11.6 Å². The smallest absolute Gasteiger partial charge is 0.335 e. The first-order valence-corrected chi connectivity index (χ1v) is 6.02. The molecule has 0 bridgehead atoms. The molecule has 1 heterocycles. The summed E-state index contributed by atoms with van der Waals surface area (Å²) in [6, 6.07) is 3.45. The predicted octanol–water partition coefficient (Wildman–Crippen LogP) is 5.08. The zero-order chi connectivity index (χ0) is 15.8. The lowest BCUT2D eigenvalue weighted by Gasteiger charge is -2.12. The van der Waals surface area contributed by atoms with E-state index in [9.17, 15) is 22.0 Å². The maximum atomic E-state index is 13.8. The van der Waals surface area contributed by atoms with Gasteiger partial charge in [-0.15, -0.1) is 0 Å². The van der Waals surface area contributed by atoms with Crippen molar-refractivity contribution in [3.05, 3.63) is 52.2 Å². The fourth-order valence-corrected chi connectivity index (χ4v) is 1.83. The van der Waals surface area contributed by atoms with Gasteiger partial charge in [0.05, 0.1) is 5.56 Å². The minimum absolute atomic E-state index is 0.136. The Hall–Kier alpha value is -1.89. The van der Waals surface area contributed by atoms with Crippen molar-refractivity contribution in [1.82, 2.24) is 4.98 Å². The van der Waals surface area contributed by atoms with E-state index in [1.54, 1.807) is 0 Å². The maximum Gasteiger partial charge on any atom is 0.416 e. The third-order valence-corrected chi connectivity index (χ3v) is 2.85. The highest BCUT2D eigenvalue weighted by molar-refractivity contribution is 6.29. The molecule has 0 saturated carbocycles. The standard InChI is InChI=1S/C13H8ClF5N2/c1-6-2-3-8(15)12(11(6)16)21-10-5-7(13(17,18)19)4-9(14)20-10/h2-5H,1H3,(H,20,21). The van der Waals surface area contributed by atoms with Crippen molar-refractivity contribution in [2.24, 2.45) is 0 Å². The van der Waals surface area contributed by atoms with Crippen LogP contribution < -0.4 is 5.32 Å². The summed E-state index contributed by atoms with van der Waals surface area (Å²) >= 11 is 5.49. The summed E-state index contributed by atoms with van der Waals surface area (Å²) in [5.74, 6) is -2.27. The van der Waals surface area contributed by atoms with E-state index >= 15 is 0 Å². The molecule has 2 aromatic rings. The molecule has 0 aliphatic rings. The van der Waals surface area contributed by atoms with Gasteiger partial charge in [0.25, 0.3) is 0 Å². The van der Waals surface area contributed by atoms with Crippen LogP contribution in [-0.2, 0) is 6.18 Å². The van der Waals surface area contributed by atoms with Crippen LogP contribution in [0.3, 0.4) is 0 Å². The molecule has 112 valence electrons. The number of nitrogens with one attached hydrogen (secondary N) is 1. The van der Waals surface area contributed by atoms with Crippen LogP contribution in [0, 0.1) is 18.6 Å². The number of hydrogen-bond acceptors (Lipinski definition) is 2. The predicted molar refractivity (Wildman–Crippen MR) is 68.6 cm³/mol. The van der Waals surface area contributed by atoms with Gasteiger partial charge in [-0.1, -0.05) is 17.7 Å². The highest BCUT2D eigenvalue weighted by atomic mass is 35.5. The topological polar surface area (TPSA) is 24.9 Å². The summed E-state index contributed by atoms with van der Waals surface area (Å²) in [5, 5.41) is 1.75. The van der Waals surface area contributed by atoms with Crippen LogP contribution in [0.25, 0.3) is 0 Å². The number of aryl methyl sites for hydroxylation is 1. The van der Waals surface area contributed by atoms with Crippen molar-refractivity contribution < 1.29 is 22.0 Å². The van der Waals surface area contributed by atoms with Gasteiger partial charge in [-0.3, -0.25) is 0 Å². The Bertz CT molecular complexity index is 685. The Kier molecular flexibility index (Phi) is 4.04. The lowest BCUT2D eigenvalue weighted by atomic mass is 10.2. The number of benzene rings is 1. The number of aromatic nitrogens is 1. The average Bonchev–Trinajstić information content (AvgIpc) is 2.38. The Morgan fingerprint density at radius 3 is 2.43 bits per heavy atom. The minimum Gasteiger partial charge on any atom is -0.335 e. The number of nitrogens with zero attached hydrogens (tertiary/aromatic N) is 1. The molecule has 2 rings (SSSR count). The van der Waals surface area contributed by atoms with Crippen LogP contribution in [0.5, 0.6) is 0 Å². The molecule has 2 nitrogen and oxygen atoms in total. The van der Waals surface area contributed by atoms with Gasteiger partial charge in [-0.2, -0.15) is 13.2 Å². The summed E-state index contributed by atoms with van der Waals surface area (Å²) in [5.41, 5.74) is -1.52. The molecule has 0 aliphatic heterocycles. The van der Waals surface area contributed by atoms with Crippen molar-refractivity contribution in [3.63, 3.8) is 0 Å². The van der Waals surface area contributed by atoms with Gasteiger partial charge in [0.2, 0.25) is 0 Å². The monoisotopic (exact) mass is 322 g/mol. The van der Waals surface area contributed by atoms with Crippen molar-refractivity contribution >= 4 is 23.1 Å². The number of hydrogen-bond donors (Lipinski definition) is 1. The van der Waals surface area contributed by atoms with Gasteiger partial charge in [-0.25, -0.2) is 13.8 Å². The quantitative estimate of drug-likeness (QED) is 0.616. The summed E-state index contributed by atoms with van der Waals surface area (Å²) < 4.78 is 65.3. The molecule has 0 saturated heterocycles. The van der Waals surface area contributed by atoms with E-state index in [-0.39, 0.29) is 5.56 Å². The van der Waals surface area contributed by atoms with Crippen LogP contribution in [0.15, 0.2) is 24.3 Å². The maximum absolute atomic E-state index is 13.8. The Morgan fingerprint density at radius 2 is 1.81 bits per heavy atom. The zero-order valence-corrected chi connectivity index (χ0v) is 11.3. The van der Waals surface area contributed by atoms with Crippen LogP contribution in [0.1, 0.15) is 11.1 Å². The van der Waals surface area contributed by atoms with Gasteiger partial charge >= 0.3 is 6.18 Å². The second-order valence-electron chi connectivity index (χ2n) is 4.24. The van der Waals surface area contributed by atoms with E-state index in [1.165, 1.54) is 13.0 Å². The fraction of sp³-hybridized carbons (Fsp3) is 0.154. The van der Waals surface area contributed by atoms with Crippen molar-refractivity contribution in [3.8, 4) is 0 Å². The van der Waals surface area contributed by atoms with Crippen molar-refractivity contribution in [1.29, 1.82) is 0 Å². The van der Waals surface area contributed by atoms with E-state index in [0.29, 0.717) is 12.1 Å². The fourth-order valence-electron chi connectivity index (χ4n) is 1.62. The van der Waals surface area contributed by atoms with E-state index in [2.05, 4.69) is 10.3 Å². The first kappa shape index (κ1) is 15.5. The molecule has 0 radical (unpaired) electrons. The molecule has 1 aromatic heterocycles. The third kappa shape index (κ3) is 3.41. The first-order chi connectivity index (χ1) is 9.68. The van der Waals surface area contributed by atoms with E-state index in [0.717, 1.165) is 6.07 Å². The molecule has 8 heteroatoms. The zero-order valence-electron chi connectivity index (χ0n) is 10.5. The second kappa shape index (κ2) is 5.48. The lowest BCUT2D eigenvalue weighted by Crippen LogP contribution is -2.08. The number of pyridine rings is 1. The summed E-state index contributed by atoms with van der Waals surface area (Å²) in [4.78, 5) is 3.58. The molecule has 21 heavy (non-hydrogen) atoms. The normalized spacial score (nSPS) is 11.6. The van der Waals surface area contributed by atoms with Crippen LogP contribution in [0.4, 0.5) is 33.5 Å². The largest absolute Gasteiger partial charge is 0.416 e. The van der Waals surface area contributed by atoms with Crippen molar-refractivity contribution in [2.75, 3.05) is 5.32 Å². The lowest BCUT2D eigenvalue weighted by molar-refractivity contribution is -0.137. The van der Waals surface area contributed by atoms with Gasteiger partial charge in [0.15, 0.2) is 5.82 Å². The Morgan fingerprint density at radius 1 is 1.14 bits per heavy atom. The average molecular weight is 323 g/mol. The van der Waals surface area contributed by atoms with Gasteiger partial charge in [-0.05, 0) is 30.7 Å². The van der Waals surface area contributed by atoms with Gasteiger partial charge < -0.3 is 5.32 Å². The second-order valence-corrected chi connectivity index (χ2v) is 4.63. The molecule has 0 spiro atoms. The van der Waals surface area contributed by atoms with Gasteiger partial charge in [0.1, 0.15) is 22.5 Å². The number of halogens is 6. The van der Waals surface area contributed by atoms with E-state index in [1.807, 2.05) is 0 Å². The van der Waals surface area contributed by atoms with Crippen LogP contribution in [0.2, 0.25) is 5.15 Å². The molecule has 0 atom stereocenters. The molecule has 0 unspecified atom stereocenters. The molecule has 1 N–H and O–H groups in total.